The summed E-state index contributed by atoms with van der Waals surface area (Å²) in [6, 6.07) is 11.4. The van der Waals surface area contributed by atoms with Gasteiger partial charge in [-0.15, -0.1) is 0 Å². The van der Waals surface area contributed by atoms with E-state index in [0.717, 1.165) is 41.7 Å². The lowest BCUT2D eigenvalue weighted by Crippen LogP contribution is -2.43. The molecule has 170 valence electrons. The average molecular weight is 454 g/mol. The number of aromatic nitrogens is 2. The van der Waals surface area contributed by atoms with Crippen molar-refractivity contribution < 1.29 is 14.1 Å². The van der Waals surface area contributed by atoms with Crippen LogP contribution < -0.4 is 4.43 Å². The van der Waals surface area contributed by atoms with Gasteiger partial charge in [-0.05, 0) is 66.7 Å². The number of hydrogen-bond acceptors (Lipinski definition) is 5. The van der Waals surface area contributed by atoms with Crippen LogP contribution in [0.2, 0.25) is 18.1 Å². The van der Waals surface area contributed by atoms with Crippen molar-refractivity contribution in [3.8, 4) is 16.9 Å². The molecule has 0 radical (unpaired) electrons. The summed E-state index contributed by atoms with van der Waals surface area (Å²) in [6.07, 6.45) is 4.34. The van der Waals surface area contributed by atoms with Crippen LogP contribution in [0.25, 0.3) is 22.0 Å². The first-order chi connectivity index (χ1) is 15.1. The summed E-state index contributed by atoms with van der Waals surface area (Å²) in [6.45, 7) is 11.7. The summed E-state index contributed by atoms with van der Waals surface area (Å²) in [5.41, 5.74) is 2.46. The topological polar surface area (TPSA) is 79.4 Å². The molecule has 1 fully saturated rings. The Hall–Kier alpha value is -2.71. The fourth-order valence-corrected chi connectivity index (χ4v) is 4.79. The molecule has 2 heterocycles. The van der Waals surface area contributed by atoms with Crippen molar-refractivity contribution in [2.45, 2.75) is 64.4 Å². The zero-order valence-corrected chi connectivity index (χ0v) is 20.4. The summed E-state index contributed by atoms with van der Waals surface area (Å²) >= 11 is 0. The van der Waals surface area contributed by atoms with Crippen molar-refractivity contribution in [1.29, 1.82) is 0 Å². The van der Waals surface area contributed by atoms with E-state index in [0.29, 0.717) is 12.0 Å². The second-order valence-electron chi connectivity index (χ2n) is 9.98. The molecule has 1 unspecified atom stereocenters. The van der Waals surface area contributed by atoms with Crippen molar-refractivity contribution in [3.63, 3.8) is 0 Å². The largest absolute Gasteiger partial charge is 0.544 e. The van der Waals surface area contributed by atoms with Crippen molar-refractivity contribution in [3.05, 3.63) is 52.7 Å². The van der Waals surface area contributed by atoms with Gasteiger partial charge in [-0.25, -0.2) is 4.68 Å². The minimum atomic E-state index is -1.94. The zero-order valence-electron chi connectivity index (χ0n) is 19.4. The quantitative estimate of drug-likeness (QED) is 0.244. The van der Waals surface area contributed by atoms with E-state index in [9.17, 15) is 10.1 Å². The maximum absolute atomic E-state index is 11.8. The Morgan fingerprint density at radius 1 is 1.16 bits per heavy atom. The van der Waals surface area contributed by atoms with Crippen LogP contribution in [0, 0.1) is 10.1 Å². The van der Waals surface area contributed by atoms with Gasteiger partial charge in [-0.2, -0.15) is 5.10 Å². The third-order valence-corrected chi connectivity index (χ3v) is 11.0. The average Bonchev–Trinajstić information content (AvgIpc) is 3.17. The molecular formula is C24H31N3O4Si. The lowest BCUT2D eigenvalue weighted by Gasteiger charge is -2.36. The predicted octanol–water partition coefficient (Wildman–Crippen LogP) is 6.69. The number of rotatable bonds is 5. The normalized spacial score (nSPS) is 17.5. The number of nitrogens with zero attached hydrogens (tertiary/aromatic N) is 3. The van der Waals surface area contributed by atoms with Crippen LogP contribution in [0.1, 0.15) is 46.3 Å². The molecule has 1 atom stereocenters. The Morgan fingerprint density at radius 2 is 1.88 bits per heavy atom. The number of benzene rings is 2. The number of hydrogen-bond donors (Lipinski definition) is 0. The molecule has 3 aromatic rings. The molecule has 1 aliphatic heterocycles. The number of nitro benzene ring substituents is 1. The van der Waals surface area contributed by atoms with Crippen LogP contribution in [-0.2, 0) is 4.74 Å². The Morgan fingerprint density at radius 3 is 2.47 bits per heavy atom. The Balaban J connectivity index is 1.71. The van der Waals surface area contributed by atoms with Crippen LogP contribution >= 0.6 is 0 Å². The molecule has 0 amide bonds. The molecule has 0 N–H and O–H groups in total. The Bertz CT molecular complexity index is 1130. The number of ether oxygens (including phenoxy) is 1. The van der Waals surface area contributed by atoms with Gasteiger partial charge in [0.25, 0.3) is 5.69 Å². The molecule has 0 spiro atoms. The minimum absolute atomic E-state index is 0.0566. The molecule has 1 saturated heterocycles. The molecule has 8 heteroatoms. The molecule has 1 aromatic heterocycles. The van der Waals surface area contributed by atoms with Gasteiger partial charge in [0.15, 0.2) is 6.23 Å². The van der Waals surface area contributed by atoms with Gasteiger partial charge in [-0.3, -0.25) is 10.1 Å². The van der Waals surface area contributed by atoms with Crippen molar-refractivity contribution in [2.75, 3.05) is 6.61 Å². The van der Waals surface area contributed by atoms with Crippen molar-refractivity contribution >= 4 is 24.9 Å². The smallest absolute Gasteiger partial charge is 0.281 e. The Kier molecular flexibility index (Phi) is 5.85. The number of fused-ring (bicyclic) bond motifs is 1. The van der Waals surface area contributed by atoms with Crippen LogP contribution in [0.15, 0.2) is 42.6 Å². The van der Waals surface area contributed by atoms with Crippen LogP contribution in [-0.4, -0.2) is 29.6 Å². The van der Waals surface area contributed by atoms with E-state index in [2.05, 4.69) is 39.0 Å². The monoisotopic (exact) mass is 453 g/mol. The second kappa shape index (κ2) is 8.33. The molecular weight excluding hydrogens is 422 g/mol. The molecule has 4 rings (SSSR count). The van der Waals surface area contributed by atoms with E-state index in [-0.39, 0.29) is 21.9 Å². The summed E-state index contributed by atoms with van der Waals surface area (Å²) in [4.78, 5) is 11.5. The van der Waals surface area contributed by atoms with E-state index in [1.54, 1.807) is 16.9 Å². The van der Waals surface area contributed by atoms with E-state index in [1.165, 1.54) is 0 Å². The molecule has 0 bridgehead atoms. The predicted molar refractivity (Wildman–Crippen MR) is 128 cm³/mol. The van der Waals surface area contributed by atoms with E-state index < -0.39 is 8.32 Å². The fraction of sp³-hybridized carbons (Fsp3) is 0.458. The van der Waals surface area contributed by atoms with Gasteiger partial charge in [0.1, 0.15) is 5.75 Å². The summed E-state index contributed by atoms with van der Waals surface area (Å²) in [5, 5.41) is 16.9. The van der Waals surface area contributed by atoms with Gasteiger partial charge < -0.3 is 9.16 Å². The summed E-state index contributed by atoms with van der Waals surface area (Å²) in [5.74, 6) is 0.830. The highest BCUT2D eigenvalue weighted by Gasteiger charge is 2.39. The van der Waals surface area contributed by atoms with E-state index in [1.807, 2.05) is 30.3 Å². The standard InChI is InChI=1S/C24H31N3O4Si/c1-24(2,3)32(4,5)31-19-11-9-17(10-12-19)18-14-21-20(22(15-18)27(28)29)16-25-26(21)23-8-6-7-13-30-23/h9-12,14-16,23H,6-8,13H2,1-5H3. The molecule has 32 heavy (non-hydrogen) atoms. The lowest BCUT2D eigenvalue weighted by molar-refractivity contribution is -0.383. The SMILES string of the molecule is CC(C)(C)[Si](C)(C)Oc1ccc(-c2cc([N+](=O)[O-])c3cnn(C4CCCCO4)c3c2)cc1. The highest BCUT2D eigenvalue weighted by molar-refractivity contribution is 6.74. The summed E-state index contributed by atoms with van der Waals surface area (Å²) in [7, 11) is -1.94. The zero-order chi connectivity index (χ0) is 23.1. The Labute approximate surface area is 189 Å². The van der Waals surface area contributed by atoms with Crippen LogP contribution in [0.3, 0.4) is 0 Å². The summed E-state index contributed by atoms with van der Waals surface area (Å²) < 4.78 is 14.1. The highest BCUT2D eigenvalue weighted by atomic mass is 28.4. The number of non-ortho nitro benzene ring substituents is 1. The molecule has 0 aliphatic carbocycles. The third-order valence-electron chi connectivity index (χ3n) is 6.69. The lowest BCUT2D eigenvalue weighted by atomic mass is 10.0. The van der Waals surface area contributed by atoms with E-state index >= 15 is 0 Å². The van der Waals surface area contributed by atoms with Gasteiger partial charge in [0, 0.05) is 12.7 Å². The van der Waals surface area contributed by atoms with Gasteiger partial charge in [-0.1, -0.05) is 32.9 Å². The van der Waals surface area contributed by atoms with Gasteiger partial charge >= 0.3 is 0 Å². The molecule has 1 aliphatic rings. The van der Waals surface area contributed by atoms with Gasteiger partial charge in [0.2, 0.25) is 8.32 Å². The van der Waals surface area contributed by atoms with Crippen molar-refractivity contribution in [1.82, 2.24) is 9.78 Å². The van der Waals surface area contributed by atoms with Crippen LogP contribution in [0.4, 0.5) is 5.69 Å². The van der Waals surface area contributed by atoms with Gasteiger partial charge in [0.05, 0.1) is 22.0 Å². The van der Waals surface area contributed by atoms with E-state index in [4.69, 9.17) is 9.16 Å². The second-order valence-corrected chi connectivity index (χ2v) is 14.7. The fourth-order valence-electron chi connectivity index (χ4n) is 3.75. The van der Waals surface area contributed by atoms with Crippen LogP contribution in [0.5, 0.6) is 5.75 Å². The molecule has 7 nitrogen and oxygen atoms in total. The first kappa shape index (κ1) is 22.5. The maximum Gasteiger partial charge on any atom is 0.281 e. The third kappa shape index (κ3) is 4.29. The van der Waals surface area contributed by atoms with Crippen molar-refractivity contribution in [2.24, 2.45) is 0 Å². The minimum Gasteiger partial charge on any atom is -0.544 e. The molecule has 2 aromatic carbocycles. The first-order valence-electron chi connectivity index (χ1n) is 11.1. The first-order valence-corrected chi connectivity index (χ1v) is 14.0. The molecule has 0 saturated carbocycles. The number of nitro groups is 1. The highest BCUT2D eigenvalue weighted by Crippen LogP contribution is 2.39. The maximum atomic E-state index is 11.8.